The van der Waals surface area contributed by atoms with Crippen LogP contribution in [0.25, 0.3) is 0 Å². The first-order chi connectivity index (χ1) is 13.6. The van der Waals surface area contributed by atoms with Gasteiger partial charge in [-0.25, -0.2) is 4.39 Å². The molecule has 1 aliphatic carbocycles. The zero-order valence-electron chi connectivity index (χ0n) is 16.1. The number of halogens is 11. The fourth-order valence-corrected chi connectivity index (χ4v) is 3.26. The maximum absolute atomic E-state index is 15.0. The minimum atomic E-state index is -7.29. The number of aliphatic hydroxyl groups is 1. The van der Waals surface area contributed by atoms with Crippen LogP contribution in [0.5, 0.6) is 5.75 Å². The largest absolute Gasteiger partial charge is 0.491 e. The van der Waals surface area contributed by atoms with Gasteiger partial charge in [0.1, 0.15) is 5.75 Å². The zero-order valence-corrected chi connectivity index (χ0v) is 16.1. The van der Waals surface area contributed by atoms with Gasteiger partial charge in [-0.2, -0.15) is 43.9 Å². The van der Waals surface area contributed by atoms with Crippen molar-refractivity contribution in [3.63, 3.8) is 0 Å². The summed E-state index contributed by atoms with van der Waals surface area (Å²) in [7, 11) is 0. The van der Waals surface area contributed by atoms with Crippen LogP contribution < -0.4 is 4.74 Å². The Bertz CT molecular complexity index is 804. The van der Waals surface area contributed by atoms with Crippen molar-refractivity contribution in [2.45, 2.75) is 74.2 Å². The Balaban J connectivity index is 2.65. The molecular weight excluding hydrogens is 457 g/mol. The van der Waals surface area contributed by atoms with Crippen molar-refractivity contribution in [1.82, 2.24) is 0 Å². The molecular formula is C18H17F11O2. The van der Waals surface area contributed by atoms with Gasteiger partial charge in [-0.1, -0.05) is 12.1 Å². The maximum atomic E-state index is 15.0. The van der Waals surface area contributed by atoms with E-state index in [0.717, 1.165) is 18.2 Å². The summed E-state index contributed by atoms with van der Waals surface area (Å²) in [5.41, 5.74) is -10.1. The summed E-state index contributed by atoms with van der Waals surface area (Å²) in [5, 5.41) is 10.4. The van der Waals surface area contributed by atoms with E-state index in [4.69, 9.17) is 4.74 Å². The van der Waals surface area contributed by atoms with Crippen LogP contribution in [0, 0.1) is 0 Å². The van der Waals surface area contributed by atoms with Gasteiger partial charge in [-0.15, -0.1) is 0 Å². The highest BCUT2D eigenvalue weighted by atomic mass is 19.4. The van der Waals surface area contributed by atoms with E-state index in [9.17, 15) is 53.4 Å². The molecule has 178 valence electrons. The van der Waals surface area contributed by atoms with E-state index in [-0.39, 0.29) is 5.75 Å². The van der Waals surface area contributed by atoms with Gasteiger partial charge in [0.05, 0.1) is 11.7 Å². The molecule has 1 saturated carbocycles. The molecule has 0 spiro atoms. The van der Waals surface area contributed by atoms with Crippen LogP contribution in [0.2, 0.25) is 0 Å². The molecule has 0 saturated heterocycles. The first-order valence-corrected chi connectivity index (χ1v) is 8.68. The molecule has 31 heavy (non-hydrogen) atoms. The van der Waals surface area contributed by atoms with Crippen molar-refractivity contribution in [1.29, 1.82) is 0 Å². The van der Waals surface area contributed by atoms with Crippen LogP contribution in [0.1, 0.15) is 32.8 Å². The summed E-state index contributed by atoms with van der Waals surface area (Å²) < 4.78 is 158. The van der Waals surface area contributed by atoms with Crippen LogP contribution >= 0.6 is 0 Å². The quantitative estimate of drug-likeness (QED) is 0.533. The molecule has 1 atom stereocenters. The summed E-state index contributed by atoms with van der Waals surface area (Å²) in [6.07, 6.45) is -3.26. The minimum absolute atomic E-state index is 0.0926. The molecule has 0 radical (unpaired) electrons. The summed E-state index contributed by atoms with van der Waals surface area (Å²) in [6.45, 7) is 3.47. The third-order valence-corrected chi connectivity index (χ3v) is 4.99. The second kappa shape index (κ2) is 6.85. The second-order valence-corrected chi connectivity index (χ2v) is 7.82. The molecule has 1 N–H and O–H groups in total. The van der Waals surface area contributed by atoms with Crippen molar-refractivity contribution in [2.75, 3.05) is 0 Å². The van der Waals surface area contributed by atoms with Crippen LogP contribution in [-0.4, -0.2) is 46.5 Å². The Morgan fingerprint density at radius 3 is 1.65 bits per heavy atom. The average Bonchev–Trinajstić information content (AvgIpc) is 2.59. The third kappa shape index (κ3) is 3.17. The molecule has 13 heteroatoms. The average molecular weight is 474 g/mol. The van der Waals surface area contributed by atoms with Crippen LogP contribution in [0.4, 0.5) is 48.3 Å². The number of alkyl halides is 11. The van der Waals surface area contributed by atoms with E-state index in [1.807, 2.05) is 0 Å². The van der Waals surface area contributed by atoms with Crippen molar-refractivity contribution in [2.24, 2.45) is 0 Å². The maximum Gasteiger partial charge on any atom is 0.384 e. The standard InChI is InChI=1S/C18H17F11O2/c1-9(2)31-11-6-4-5-10(7-11)12(3,30)8-13(19)14(20,21)16(24,25)18(28,29)17(26,27)15(13,22)23/h4-7,9,30H,8H2,1-3H3. The predicted molar refractivity (Wildman–Crippen MR) is 85.0 cm³/mol. The number of benzene rings is 1. The van der Waals surface area contributed by atoms with Crippen LogP contribution in [-0.2, 0) is 5.60 Å². The summed E-state index contributed by atoms with van der Waals surface area (Å²) >= 11 is 0. The normalized spacial score (nSPS) is 26.8. The molecule has 2 rings (SSSR count). The first kappa shape index (κ1) is 25.5. The smallest absolute Gasteiger partial charge is 0.384 e. The minimum Gasteiger partial charge on any atom is -0.491 e. The third-order valence-electron chi connectivity index (χ3n) is 4.99. The van der Waals surface area contributed by atoms with Gasteiger partial charge in [-0.05, 0) is 38.5 Å². The van der Waals surface area contributed by atoms with E-state index >= 15 is 0 Å². The Hall–Kier alpha value is -1.79. The van der Waals surface area contributed by atoms with Gasteiger partial charge in [0.2, 0.25) is 0 Å². The molecule has 0 heterocycles. The molecule has 0 bridgehead atoms. The Morgan fingerprint density at radius 1 is 0.806 bits per heavy atom. The predicted octanol–water partition coefficient (Wildman–Crippen LogP) is 5.97. The van der Waals surface area contributed by atoms with Crippen molar-refractivity contribution in [3.05, 3.63) is 29.8 Å². The van der Waals surface area contributed by atoms with Gasteiger partial charge in [0.15, 0.2) is 0 Å². The Kier molecular flexibility index (Phi) is 5.63. The highest BCUT2D eigenvalue weighted by molar-refractivity contribution is 5.34. The highest BCUT2D eigenvalue weighted by Gasteiger charge is 3.01. The lowest BCUT2D eigenvalue weighted by Crippen LogP contribution is -2.84. The lowest BCUT2D eigenvalue weighted by atomic mass is 9.67. The van der Waals surface area contributed by atoms with Crippen molar-refractivity contribution < 1.29 is 58.1 Å². The van der Waals surface area contributed by atoms with Crippen molar-refractivity contribution in [3.8, 4) is 5.75 Å². The molecule has 0 amide bonds. The molecule has 0 aliphatic heterocycles. The number of rotatable bonds is 5. The summed E-state index contributed by atoms with van der Waals surface area (Å²) in [4.78, 5) is 0. The molecule has 1 aromatic rings. The number of hydrogen-bond donors (Lipinski definition) is 1. The molecule has 2 nitrogen and oxygen atoms in total. The first-order valence-electron chi connectivity index (χ1n) is 8.68. The SMILES string of the molecule is CC(C)Oc1cccc(C(C)(O)CC2(F)C(F)(F)C(F)(F)C(F)(F)C(F)(F)C2(F)F)c1. The summed E-state index contributed by atoms with van der Waals surface area (Å²) in [5.74, 6) is -35.8. The lowest BCUT2D eigenvalue weighted by Gasteiger charge is -2.53. The van der Waals surface area contributed by atoms with Gasteiger partial charge < -0.3 is 9.84 Å². The van der Waals surface area contributed by atoms with E-state index in [0.29, 0.717) is 6.92 Å². The van der Waals surface area contributed by atoms with E-state index in [1.165, 1.54) is 19.9 Å². The van der Waals surface area contributed by atoms with Crippen LogP contribution in [0.3, 0.4) is 0 Å². The van der Waals surface area contributed by atoms with Gasteiger partial charge >= 0.3 is 29.6 Å². The fourth-order valence-electron chi connectivity index (χ4n) is 3.26. The van der Waals surface area contributed by atoms with E-state index in [1.54, 1.807) is 0 Å². The summed E-state index contributed by atoms with van der Waals surface area (Å²) in [6, 6.07) is 4.03. The zero-order chi connectivity index (χ0) is 24.5. The fraction of sp³-hybridized carbons (Fsp3) is 0.667. The van der Waals surface area contributed by atoms with Gasteiger partial charge in [-0.3, -0.25) is 0 Å². The molecule has 0 aromatic heterocycles. The monoisotopic (exact) mass is 474 g/mol. The number of hydrogen-bond acceptors (Lipinski definition) is 2. The molecule has 1 aliphatic rings. The number of ether oxygens (including phenoxy) is 1. The molecule has 1 unspecified atom stereocenters. The Morgan fingerprint density at radius 2 is 1.23 bits per heavy atom. The molecule has 1 fully saturated rings. The Labute approximate surface area is 169 Å². The van der Waals surface area contributed by atoms with E-state index in [2.05, 4.69) is 0 Å². The highest BCUT2D eigenvalue weighted by Crippen LogP contribution is 2.71. The molecule has 1 aromatic carbocycles. The van der Waals surface area contributed by atoms with Crippen LogP contribution in [0.15, 0.2) is 24.3 Å². The van der Waals surface area contributed by atoms with E-state index < -0.39 is 59.0 Å². The van der Waals surface area contributed by atoms with Gasteiger partial charge in [0.25, 0.3) is 5.67 Å². The van der Waals surface area contributed by atoms with Crippen molar-refractivity contribution >= 4 is 0 Å². The second-order valence-electron chi connectivity index (χ2n) is 7.82. The lowest BCUT2D eigenvalue weighted by molar-refractivity contribution is -0.488. The topological polar surface area (TPSA) is 29.5 Å². The van der Waals surface area contributed by atoms with Gasteiger partial charge in [0, 0.05) is 6.42 Å².